The Labute approximate surface area is 128 Å². The summed E-state index contributed by atoms with van der Waals surface area (Å²) in [7, 11) is 1.53. The van der Waals surface area contributed by atoms with E-state index in [-0.39, 0.29) is 5.57 Å². The van der Waals surface area contributed by atoms with Crippen molar-refractivity contribution in [3.8, 4) is 5.75 Å². The molecule has 0 saturated carbocycles. The number of Topliss-reactive ketones (excluding diaryl/α,β-unsaturated/α-hetero) is 1. The number of methoxy groups -OCH3 is 1. The SMILES string of the molecule is COc1cccc(/C=C(\C(=O)O)C(=O)c2ccc(C)cc2)c1. The maximum absolute atomic E-state index is 12.4. The molecule has 0 amide bonds. The Kier molecular flexibility index (Phi) is 4.73. The highest BCUT2D eigenvalue weighted by atomic mass is 16.5. The molecule has 0 aliphatic rings. The smallest absolute Gasteiger partial charge is 0.339 e. The van der Waals surface area contributed by atoms with Crippen LogP contribution in [0.3, 0.4) is 0 Å². The number of carboxylic acids is 1. The van der Waals surface area contributed by atoms with Gasteiger partial charge in [0.15, 0.2) is 5.78 Å². The molecule has 4 heteroatoms. The van der Waals surface area contributed by atoms with Crippen LogP contribution in [0.1, 0.15) is 21.5 Å². The summed E-state index contributed by atoms with van der Waals surface area (Å²) in [5.74, 6) is -1.18. The van der Waals surface area contributed by atoms with E-state index >= 15 is 0 Å². The number of carbonyl (C=O) groups is 2. The van der Waals surface area contributed by atoms with Gasteiger partial charge in [0.2, 0.25) is 0 Å². The molecule has 4 nitrogen and oxygen atoms in total. The lowest BCUT2D eigenvalue weighted by atomic mass is 10.00. The molecule has 2 aromatic carbocycles. The fraction of sp³-hybridized carbons (Fsp3) is 0.111. The van der Waals surface area contributed by atoms with Gasteiger partial charge in [-0.05, 0) is 30.7 Å². The Bertz CT molecular complexity index is 727. The monoisotopic (exact) mass is 296 g/mol. The van der Waals surface area contributed by atoms with Crippen LogP contribution in [0.15, 0.2) is 54.1 Å². The van der Waals surface area contributed by atoms with Gasteiger partial charge in [-0.2, -0.15) is 0 Å². The summed E-state index contributed by atoms with van der Waals surface area (Å²) in [6.45, 7) is 1.90. The zero-order chi connectivity index (χ0) is 16.1. The number of ketones is 1. The van der Waals surface area contributed by atoms with Gasteiger partial charge in [-0.25, -0.2) is 4.79 Å². The highest BCUT2D eigenvalue weighted by molar-refractivity contribution is 6.26. The third-order valence-electron chi connectivity index (χ3n) is 3.19. The van der Waals surface area contributed by atoms with Crippen LogP contribution in [0.2, 0.25) is 0 Å². The molecule has 0 heterocycles. The van der Waals surface area contributed by atoms with Gasteiger partial charge in [0, 0.05) is 5.56 Å². The molecule has 0 spiro atoms. The standard InChI is InChI=1S/C18H16O4/c1-12-6-8-14(9-7-12)17(19)16(18(20)21)11-13-4-3-5-15(10-13)22-2/h3-11H,1-2H3,(H,20,21)/b16-11-. The molecule has 0 atom stereocenters. The minimum absolute atomic E-state index is 0.280. The first-order valence-corrected chi connectivity index (χ1v) is 6.71. The molecule has 2 aromatic rings. The van der Waals surface area contributed by atoms with Crippen LogP contribution >= 0.6 is 0 Å². The van der Waals surface area contributed by atoms with Crippen LogP contribution in [0.5, 0.6) is 5.75 Å². The maximum Gasteiger partial charge on any atom is 0.339 e. The topological polar surface area (TPSA) is 63.6 Å². The van der Waals surface area contributed by atoms with Crippen LogP contribution in [-0.2, 0) is 4.79 Å². The molecule has 0 aromatic heterocycles. The first-order valence-electron chi connectivity index (χ1n) is 6.71. The molecule has 0 saturated heterocycles. The first kappa shape index (κ1) is 15.5. The summed E-state index contributed by atoms with van der Waals surface area (Å²) < 4.78 is 5.09. The van der Waals surface area contributed by atoms with Crippen LogP contribution in [0, 0.1) is 6.92 Å². The Morgan fingerprint density at radius 2 is 1.77 bits per heavy atom. The van der Waals surface area contributed by atoms with Crippen LogP contribution in [0.25, 0.3) is 6.08 Å². The number of ether oxygens (including phenoxy) is 1. The van der Waals surface area contributed by atoms with E-state index in [1.165, 1.54) is 13.2 Å². The minimum atomic E-state index is -1.26. The molecule has 0 fully saturated rings. The van der Waals surface area contributed by atoms with Gasteiger partial charge in [0.25, 0.3) is 0 Å². The molecule has 0 aliphatic heterocycles. The van der Waals surface area contributed by atoms with Gasteiger partial charge in [-0.1, -0.05) is 42.0 Å². The van der Waals surface area contributed by atoms with Crippen molar-refractivity contribution in [3.63, 3.8) is 0 Å². The van der Waals surface area contributed by atoms with Crippen molar-refractivity contribution in [1.82, 2.24) is 0 Å². The van der Waals surface area contributed by atoms with E-state index in [0.717, 1.165) is 5.56 Å². The Morgan fingerprint density at radius 1 is 1.09 bits per heavy atom. The summed E-state index contributed by atoms with van der Waals surface area (Å²) >= 11 is 0. The maximum atomic E-state index is 12.4. The fourth-order valence-electron chi connectivity index (χ4n) is 1.98. The van der Waals surface area contributed by atoms with Crippen LogP contribution < -0.4 is 4.74 Å². The molecular weight excluding hydrogens is 280 g/mol. The number of rotatable bonds is 5. The van der Waals surface area contributed by atoms with Crippen molar-refractivity contribution in [2.45, 2.75) is 6.92 Å². The van der Waals surface area contributed by atoms with E-state index in [1.807, 2.05) is 6.92 Å². The van der Waals surface area contributed by atoms with Gasteiger partial charge in [0.1, 0.15) is 11.3 Å². The van der Waals surface area contributed by atoms with Crippen molar-refractivity contribution in [2.24, 2.45) is 0 Å². The van der Waals surface area contributed by atoms with E-state index in [0.29, 0.717) is 16.9 Å². The number of carbonyl (C=O) groups excluding carboxylic acids is 1. The van der Waals surface area contributed by atoms with Crippen molar-refractivity contribution in [1.29, 1.82) is 0 Å². The normalized spacial score (nSPS) is 11.1. The second-order valence-electron chi connectivity index (χ2n) is 4.83. The number of benzene rings is 2. The summed E-state index contributed by atoms with van der Waals surface area (Å²) in [6, 6.07) is 13.7. The predicted octanol–water partition coefficient (Wildman–Crippen LogP) is 3.35. The first-order chi connectivity index (χ1) is 10.5. The van der Waals surface area contributed by atoms with Gasteiger partial charge in [-0.3, -0.25) is 4.79 Å². The van der Waals surface area contributed by atoms with E-state index in [9.17, 15) is 14.7 Å². The summed E-state index contributed by atoms with van der Waals surface area (Å²) in [4.78, 5) is 23.8. The minimum Gasteiger partial charge on any atom is -0.497 e. The molecule has 0 bridgehead atoms. The fourth-order valence-corrected chi connectivity index (χ4v) is 1.98. The van der Waals surface area contributed by atoms with E-state index in [4.69, 9.17) is 4.74 Å². The van der Waals surface area contributed by atoms with Crippen LogP contribution in [0.4, 0.5) is 0 Å². The van der Waals surface area contributed by atoms with E-state index in [2.05, 4.69) is 0 Å². The van der Waals surface area contributed by atoms with E-state index in [1.54, 1.807) is 48.5 Å². The molecule has 112 valence electrons. The zero-order valence-corrected chi connectivity index (χ0v) is 12.4. The van der Waals surface area contributed by atoms with Gasteiger partial charge in [-0.15, -0.1) is 0 Å². The number of hydrogen-bond donors (Lipinski definition) is 1. The van der Waals surface area contributed by atoms with Crippen molar-refractivity contribution in [3.05, 3.63) is 70.8 Å². The number of carboxylic acid groups (broad SMARTS) is 1. The van der Waals surface area contributed by atoms with Crippen molar-refractivity contribution >= 4 is 17.8 Å². The van der Waals surface area contributed by atoms with Gasteiger partial charge >= 0.3 is 5.97 Å². The summed E-state index contributed by atoms with van der Waals surface area (Å²) in [5.41, 5.74) is 1.67. The third kappa shape index (κ3) is 3.61. The quantitative estimate of drug-likeness (QED) is 0.398. The molecule has 1 N–H and O–H groups in total. The van der Waals surface area contributed by atoms with Gasteiger partial charge < -0.3 is 9.84 Å². The number of aliphatic carboxylic acids is 1. The lowest BCUT2D eigenvalue weighted by Crippen LogP contribution is -2.12. The molecule has 2 rings (SSSR count). The third-order valence-corrected chi connectivity index (χ3v) is 3.19. The molecule has 0 aliphatic carbocycles. The predicted molar refractivity (Wildman–Crippen MR) is 84.1 cm³/mol. The second kappa shape index (κ2) is 6.72. The average molecular weight is 296 g/mol. The summed E-state index contributed by atoms with van der Waals surface area (Å²) in [6.07, 6.45) is 1.35. The lowest BCUT2D eigenvalue weighted by molar-refractivity contribution is -0.132. The largest absolute Gasteiger partial charge is 0.497 e. The second-order valence-corrected chi connectivity index (χ2v) is 4.83. The average Bonchev–Trinajstić information content (AvgIpc) is 2.52. The Morgan fingerprint density at radius 3 is 2.36 bits per heavy atom. The van der Waals surface area contributed by atoms with Crippen LogP contribution in [-0.4, -0.2) is 24.0 Å². The van der Waals surface area contributed by atoms with Crippen molar-refractivity contribution in [2.75, 3.05) is 7.11 Å². The highest BCUT2D eigenvalue weighted by Gasteiger charge is 2.19. The van der Waals surface area contributed by atoms with Gasteiger partial charge in [0.05, 0.1) is 7.11 Å². The molecular formula is C18H16O4. The molecule has 22 heavy (non-hydrogen) atoms. The zero-order valence-electron chi connectivity index (χ0n) is 12.4. The highest BCUT2D eigenvalue weighted by Crippen LogP contribution is 2.18. The number of aryl methyl sites for hydroxylation is 1. The van der Waals surface area contributed by atoms with E-state index < -0.39 is 11.8 Å². The number of hydrogen-bond acceptors (Lipinski definition) is 3. The molecule has 0 radical (unpaired) electrons. The Hall–Kier alpha value is -2.88. The Balaban J connectivity index is 2.40. The molecule has 0 unspecified atom stereocenters. The lowest BCUT2D eigenvalue weighted by Gasteiger charge is -2.04. The summed E-state index contributed by atoms with van der Waals surface area (Å²) in [5, 5.41) is 9.33. The van der Waals surface area contributed by atoms with Crippen molar-refractivity contribution < 1.29 is 19.4 Å².